The predicted molar refractivity (Wildman–Crippen MR) is 102 cm³/mol. The highest BCUT2D eigenvalue weighted by molar-refractivity contribution is 5.59. The average Bonchev–Trinajstić information content (AvgIpc) is 3.16. The molecule has 1 aliphatic rings. The fourth-order valence-corrected chi connectivity index (χ4v) is 3.94. The fourth-order valence-electron chi connectivity index (χ4n) is 3.94. The Morgan fingerprint density at radius 1 is 1.03 bits per heavy atom. The summed E-state index contributed by atoms with van der Waals surface area (Å²) in [7, 11) is 0. The van der Waals surface area contributed by atoms with Gasteiger partial charge in [-0.3, -0.25) is 0 Å². The number of fused-ring (bicyclic) bond motifs is 1. The van der Waals surface area contributed by atoms with Gasteiger partial charge < -0.3 is 10.0 Å². The summed E-state index contributed by atoms with van der Waals surface area (Å²) < 4.78 is 40.6. The zero-order valence-corrected chi connectivity index (χ0v) is 16.2. The molecule has 1 atom stereocenters. The van der Waals surface area contributed by atoms with Gasteiger partial charge in [-0.2, -0.15) is 17.7 Å². The van der Waals surface area contributed by atoms with Crippen molar-refractivity contribution in [3.8, 4) is 0 Å². The first-order valence-electron chi connectivity index (χ1n) is 9.55. The van der Waals surface area contributed by atoms with Crippen LogP contribution in [0.1, 0.15) is 41.5 Å². The summed E-state index contributed by atoms with van der Waals surface area (Å²) in [5.41, 5.74) is 2.43. The zero-order valence-electron chi connectivity index (χ0n) is 16.2. The van der Waals surface area contributed by atoms with Crippen LogP contribution in [0.4, 0.5) is 19.0 Å². The van der Waals surface area contributed by atoms with Gasteiger partial charge in [0.05, 0.1) is 6.10 Å². The number of benzene rings is 1. The smallest absolute Gasteiger partial charge is 0.388 e. The molecule has 3 heterocycles. The first-order valence-corrected chi connectivity index (χ1v) is 9.55. The third-order valence-corrected chi connectivity index (χ3v) is 5.75. The standard InChI is InChI=1S/C20H22F3N5O/c1-12-13(2)18(26-28-17(12)24-25-19(28)20(21,22)23)27-10-8-15(9-11-27)16(29)14-6-4-3-5-7-14/h3-7,15-16,29H,8-11H2,1-2H3. The maximum absolute atomic E-state index is 13.3. The summed E-state index contributed by atoms with van der Waals surface area (Å²) in [4.78, 5) is 1.98. The van der Waals surface area contributed by atoms with E-state index in [0.717, 1.165) is 28.5 Å². The van der Waals surface area contributed by atoms with Gasteiger partial charge in [-0.15, -0.1) is 15.3 Å². The zero-order chi connectivity index (χ0) is 20.8. The summed E-state index contributed by atoms with van der Waals surface area (Å²) in [5, 5.41) is 21.9. The largest absolute Gasteiger partial charge is 0.453 e. The Morgan fingerprint density at radius 2 is 1.69 bits per heavy atom. The maximum atomic E-state index is 13.3. The molecule has 1 aromatic carbocycles. The number of hydrogen-bond donors (Lipinski definition) is 1. The molecule has 3 aromatic rings. The van der Waals surface area contributed by atoms with Crippen LogP contribution in [0.2, 0.25) is 0 Å². The molecular formula is C20H22F3N5O. The molecule has 154 valence electrons. The molecule has 1 unspecified atom stereocenters. The second kappa shape index (κ2) is 7.29. The van der Waals surface area contributed by atoms with Crippen molar-refractivity contribution >= 4 is 11.5 Å². The molecule has 0 bridgehead atoms. The number of nitrogens with zero attached hydrogens (tertiary/aromatic N) is 5. The highest BCUT2D eigenvalue weighted by Gasteiger charge is 2.38. The van der Waals surface area contributed by atoms with Gasteiger partial charge in [-0.1, -0.05) is 30.3 Å². The second-order valence-corrected chi connectivity index (χ2v) is 7.51. The summed E-state index contributed by atoms with van der Waals surface area (Å²) in [6.45, 7) is 4.79. The van der Waals surface area contributed by atoms with E-state index in [0.29, 0.717) is 24.5 Å². The first kappa shape index (κ1) is 19.6. The molecule has 0 aliphatic carbocycles. The molecule has 0 amide bonds. The molecule has 9 heteroatoms. The number of piperidine rings is 1. The van der Waals surface area contributed by atoms with Crippen molar-refractivity contribution in [2.75, 3.05) is 18.0 Å². The number of aliphatic hydroxyl groups is 1. The number of halogens is 3. The third-order valence-electron chi connectivity index (χ3n) is 5.75. The van der Waals surface area contributed by atoms with Crippen LogP contribution in [0.15, 0.2) is 30.3 Å². The minimum Gasteiger partial charge on any atom is -0.388 e. The Hall–Kier alpha value is -2.68. The van der Waals surface area contributed by atoms with E-state index in [4.69, 9.17) is 0 Å². The first-order chi connectivity index (χ1) is 13.8. The lowest BCUT2D eigenvalue weighted by molar-refractivity contribution is -0.146. The van der Waals surface area contributed by atoms with Crippen molar-refractivity contribution in [1.29, 1.82) is 0 Å². The van der Waals surface area contributed by atoms with Crippen LogP contribution < -0.4 is 4.90 Å². The Labute approximate surface area is 166 Å². The number of anilines is 1. The van der Waals surface area contributed by atoms with E-state index in [9.17, 15) is 18.3 Å². The maximum Gasteiger partial charge on any atom is 0.453 e. The van der Waals surface area contributed by atoms with Gasteiger partial charge in [0.2, 0.25) is 0 Å². The summed E-state index contributed by atoms with van der Waals surface area (Å²) >= 11 is 0. The van der Waals surface area contributed by atoms with E-state index in [2.05, 4.69) is 15.3 Å². The van der Waals surface area contributed by atoms with Crippen molar-refractivity contribution in [3.05, 3.63) is 52.8 Å². The minimum atomic E-state index is -4.63. The van der Waals surface area contributed by atoms with Crippen molar-refractivity contribution in [3.63, 3.8) is 0 Å². The number of alkyl halides is 3. The SMILES string of the molecule is Cc1c(N2CCC(C(O)c3ccccc3)CC2)nn2c(C(F)(F)F)nnc2c1C. The van der Waals surface area contributed by atoms with E-state index >= 15 is 0 Å². The van der Waals surface area contributed by atoms with E-state index in [-0.39, 0.29) is 11.6 Å². The van der Waals surface area contributed by atoms with Crippen molar-refractivity contribution in [1.82, 2.24) is 19.8 Å². The molecule has 1 fully saturated rings. The van der Waals surface area contributed by atoms with Gasteiger partial charge >= 0.3 is 6.18 Å². The number of aryl methyl sites for hydroxylation is 1. The lowest BCUT2D eigenvalue weighted by Crippen LogP contribution is -2.37. The van der Waals surface area contributed by atoms with Crippen LogP contribution in [-0.2, 0) is 6.18 Å². The van der Waals surface area contributed by atoms with Crippen LogP contribution >= 0.6 is 0 Å². The Morgan fingerprint density at radius 3 is 2.31 bits per heavy atom. The highest BCUT2D eigenvalue weighted by Crippen LogP contribution is 2.34. The van der Waals surface area contributed by atoms with Crippen LogP contribution in [0.25, 0.3) is 5.65 Å². The van der Waals surface area contributed by atoms with Crippen molar-refractivity contribution in [2.24, 2.45) is 5.92 Å². The molecule has 1 saturated heterocycles. The number of hydrogen-bond acceptors (Lipinski definition) is 5. The molecule has 0 saturated carbocycles. The molecule has 1 aliphatic heterocycles. The highest BCUT2D eigenvalue weighted by atomic mass is 19.4. The van der Waals surface area contributed by atoms with E-state index in [1.165, 1.54) is 0 Å². The fraction of sp³-hybridized carbons (Fsp3) is 0.450. The molecule has 29 heavy (non-hydrogen) atoms. The van der Waals surface area contributed by atoms with Crippen molar-refractivity contribution < 1.29 is 18.3 Å². The topological polar surface area (TPSA) is 66.5 Å². The molecule has 6 nitrogen and oxygen atoms in total. The second-order valence-electron chi connectivity index (χ2n) is 7.51. The third kappa shape index (κ3) is 3.55. The molecule has 0 radical (unpaired) electrons. The lowest BCUT2D eigenvalue weighted by atomic mass is 9.87. The lowest BCUT2D eigenvalue weighted by Gasteiger charge is -2.35. The molecule has 4 rings (SSSR count). The monoisotopic (exact) mass is 405 g/mol. The van der Waals surface area contributed by atoms with E-state index < -0.39 is 18.1 Å². The molecule has 2 aromatic heterocycles. The van der Waals surface area contributed by atoms with E-state index in [1.807, 2.05) is 42.2 Å². The summed E-state index contributed by atoms with van der Waals surface area (Å²) in [6, 6.07) is 9.52. The van der Waals surface area contributed by atoms with Gasteiger partial charge in [-0.05, 0) is 38.2 Å². The van der Waals surface area contributed by atoms with Crippen molar-refractivity contribution in [2.45, 2.75) is 39.0 Å². The summed E-state index contributed by atoms with van der Waals surface area (Å²) in [5.74, 6) is -0.515. The quantitative estimate of drug-likeness (QED) is 0.720. The normalized spacial score (nSPS) is 17.1. The summed E-state index contributed by atoms with van der Waals surface area (Å²) in [6.07, 6.45) is -3.73. The molecule has 1 N–H and O–H groups in total. The number of rotatable bonds is 3. The van der Waals surface area contributed by atoms with Gasteiger partial charge in [0, 0.05) is 24.2 Å². The van der Waals surface area contributed by atoms with Crippen LogP contribution in [0, 0.1) is 19.8 Å². The van der Waals surface area contributed by atoms with E-state index in [1.54, 1.807) is 6.92 Å². The van der Waals surface area contributed by atoms with Gasteiger partial charge in [-0.25, -0.2) is 0 Å². The Bertz CT molecular complexity index is 1010. The Kier molecular flexibility index (Phi) is 4.94. The van der Waals surface area contributed by atoms with Gasteiger partial charge in [0.25, 0.3) is 5.82 Å². The average molecular weight is 405 g/mol. The van der Waals surface area contributed by atoms with Gasteiger partial charge in [0.15, 0.2) is 11.5 Å². The van der Waals surface area contributed by atoms with Crippen LogP contribution in [-0.4, -0.2) is 38.0 Å². The minimum absolute atomic E-state index is 0.0967. The molecule has 0 spiro atoms. The Balaban J connectivity index is 1.59. The molecular weight excluding hydrogens is 383 g/mol. The van der Waals surface area contributed by atoms with Crippen LogP contribution in [0.3, 0.4) is 0 Å². The van der Waals surface area contributed by atoms with Gasteiger partial charge in [0.1, 0.15) is 0 Å². The predicted octanol–water partition coefficient (Wildman–Crippen LogP) is 3.71. The number of aliphatic hydroxyl groups excluding tert-OH is 1. The van der Waals surface area contributed by atoms with Crippen LogP contribution in [0.5, 0.6) is 0 Å². The number of aromatic nitrogens is 4.